The van der Waals surface area contributed by atoms with Crippen LogP contribution in [-0.4, -0.2) is 38.9 Å². The number of carbonyl (C=O) groups is 3. The SMILES string of the molecule is CC(C)c1ncc(Cl)c(C(=O)N[C@H](CC(N)=O)C(=O)O)n1. The molecule has 0 aliphatic heterocycles. The van der Waals surface area contributed by atoms with Gasteiger partial charge in [-0.25, -0.2) is 14.8 Å². The van der Waals surface area contributed by atoms with Gasteiger partial charge in [-0.2, -0.15) is 0 Å². The van der Waals surface area contributed by atoms with Gasteiger partial charge in [-0.15, -0.1) is 0 Å². The lowest BCUT2D eigenvalue weighted by Gasteiger charge is -2.13. The van der Waals surface area contributed by atoms with Gasteiger partial charge in [0.1, 0.15) is 17.6 Å². The summed E-state index contributed by atoms with van der Waals surface area (Å²) in [6.07, 6.45) is 0.740. The van der Waals surface area contributed by atoms with E-state index in [-0.39, 0.29) is 16.6 Å². The van der Waals surface area contributed by atoms with E-state index in [1.165, 1.54) is 6.20 Å². The Balaban J connectivity index is 2.99. The molecule has 0 aromatic carbocycles. The number of aromatic nitrogens is 2. The minimum atomic E-state index is -1.44. The maximum Gasteiger partial charge on any atom is 0.326 e. The zero-order valence-electron chi connectivity index (χ0n) is 11.5. The number of carboxylic acid groups (broad SMARTS) is 1. The monoisotopic (exact) mass is 314 g/mol. The molecule has 0 saturated heterocycles. The number of hydrogen-bond acceptors (Lipinski definition) is 5. The topological polar surface area (TPSA) is 135 Å². The van der Waals surface area contributed by atoms with E-state index in [0.29, 0.717) is 5.82 Å². The Morgan fingerprint density at radius 3 is 2.52 bits per heavy atom. The molecule has 1 rings (SSSR count). The molecule has 0 bridgehead atoms. The first-order chi connectivity index (χ1) is 9.72. The summed E-state index contributed by atoms with van der Waals surface area (Å²) in [5.41, 5.74) is 4.79. The van der Waals surface area contributed by atoms with Crippen LogP contribution in [-0.2, 0) is 9.59 Å². The van der Waals surface area contributed by atoms with Crippen molar-refractivity contribution in [2.45, 2.75) is 32.2 Å². The quantitative estimate of drug-likeness (QED) is 0.691. The highest BCUT2D eigenvalue weighted by atomic mass is 35.5. The molecule has 0 spiro atoms. The van der Waals surface area contributed by atoms with E-state index in [1.807, 2.05) is 13.8 Å². The molecule has 4 N–H and O–H groups in total. The average molecular weight is 315 g/mol. The lowest BCUT2D eigenvalue weighted by atomic mass is 10.2. The van der Waals surface area contributed by atoms with Crippen molar-refractivity contribution < 1.29 is 19.5 Å². The van der Waals surface area contributed by atoms with Crippen LogP contribution < -0.4 is 11.1 Å². The van der Waals surface area contributed by atoms with E-state index in [2.05, 4.69) is 15.3 Å². The predicted molar refractivity (Wildman–Crippen MR) is 73.8 cm³/mol. The van der Waals surface area contributed by atoms with Gasteiger partial charge < -0.3 is 16.2 Å². The van der Waals surface area contributed by atoms with Crippen molar-refractivity contribution in [3.8, 4) is 0 Å². The van der Waals surface area contributed by atoms with E-state index in [4.69, 9.17) is 22.4 Å². The van der Waals surface area contributed by atoms with Crippen molar-refractivity contribution in [2.75, 3.05) is 0 Å². The molecule has 0 aliphatic rings. The number of nitrogens with zero attached hydrogens (tertiary/aromatic N) is 2. The van der Waals surface area contributed by atoms with Crippen molar-refractivity contribution in [3.63, 3.8) is 0 Å². The number of hydrogen-bond donors (Lipinski definition) is 3. The van der Waals surface area contributed by atoms with Gasteiger partial charge in [0.05, 0.1) is 17.6 Å². The van der Waals surface area contributed by atoms with Crippen LogP contribution in [0.5, 0.6) is 0 Å². The normalized spacial score (nSPS) is 12.0. The van der Waals surface area contributed by atoms with Crippen LogP contribution in [0.2, 0.25) is 5.02 Å². The number of rotatable bonds is 6. The van der Waals surface area contributed by atoms with Crippen LogP contribution in [0, 0.1) is 0 Å². The van der Waals surface area contributed by atoms with Gasteiger partial charge >= 0.3 is 5.97 Å². The number of halogens is 1. The molecule has 0 radical (unpaired) electrons. The van der Waals surface area contributed by atoms with Crippen LogP contribution in [0.4, 0.5) is 0 Å². The lowest BCUT2D eigenvalue weighted by molar-refractivity contribution is -0.140. The van der Waals surface area contributed by atoms with E-state index < -0.39 is 30.2 Å². The molecule has 0 aliphatic carbocycles. The molecule has 8 nitrogen and oxygen atoms in total. The van der Waals surface area contributed by atoms with E-state index in [0.717, 1.165) is 0 Å². The Hall–Kier alpha value is -2.22. The molecule has 0 fully saturated rings. The number of nitrogens with one attached hydrogen (secondary N) is 1. The van der Waals surface area contributed by atoms with Gasteiger partial charge in [-0.05, 0) is 0 Å². The fraction of sp³-hybridized carbons (Fsp3) is 0.417. The molecule has 9 heteroatoms. The molecule has 1 aromatic heterocycles. The number of carbonyl (C=O) groups excluding carboxylic acids is 2. The summed E-state index contributed by atoms with van der Waals surface area (Å²) in [6.45, 7) is 3.66. The van der Waals surface area contributed by atoms with Gasteiger partial charge in [0.25, 0.3) is 5.91 Å². The fourth-order valence-electron chi connectivity index (χ4n) is 1.45. The smallest absolute Gasteiger partial charge is 0.326 e. The van der Waals surface area contributed by atoms with Crippen molar-refractivity contribution in [1.29, 1.82) is 0 Å². The number of amides is 2. The van der Waals surface area contributed by atoms with Crippen LogP contribution in [0.25, 0.3) is 0 Å². The Bertz CT molecular complexity index is 576. The summed E-state index contributed by atoms with van der Waals surface area (Å²) in [5.74, 6) is -2.67. The van der Waals surface area contributed by atoms with Gasteiger partial charge in [0.2, 0.25) is 5.91 Å². The van der Waals surface area contributed by atoms with Crippen molar-refractivity contribution in [1.82, 2.24) is 15.3 Å². The average Bonchev–Trinajstić information content (AvgIpc) is 2.37. The van der Waals surface area contributed by atoms with Gasteiger partial charge in [0.15, 0.2) is 0 Å². The van der Waals surface area contributed by atoms with Crippen LogP contribution in [0.3, 0.4) is 0 Å². The van der Waals surface area contributed by atoms with Crippen molar-refractivity contribution in [2.24, 2.45) is 5.73 Å². The molecule has 0 unspecified atom stereocenters. The third-order valence-electron chi connectivity index (χ3n) is 2.50. The number of nitrogens with two attached hydrogens (primary N) is 1. The van der Waals surface area contributed by atoms with E-state index in [1.54, 1.807) is 0 Å². The third-order valence-corrected chi connectivity index (χ3v) is 2.78. The molecule has 21 heavy (non-hydrogen) atoms. The second kappa shape index (κ2) is 6.98. The molecule has 114 valence electrons. The minimum absolute atomic E-state index is 0.0138. The van der Waals surface area contributed by atoms with Gasteiger partial charge in [0, 0.05) is 5.92 Å². The first-order valence-corrected chi connectivity index (χ1v) is 6.44. The Morgan fingerprint density at radius 1 is 1.43 bits per heavy atom. The maximum atomic E-state index is 12.0. The van der Waals surface area contributed by atoms with Crippen molar-refractivity contribution >= 4 is 29.4 Å². The van der Waals surface area contributed by atoms with Crippen molar-refractivity contribution in [3.05, 3.63) is 22.7 Å². The maximum absolute atomic E-state index is 12.0. The Kier molecular flexibility index (Phi) is 5.60. The first kappa shape index (κ1) is 16.8. The second-order valence-electron chi connectivity index (χ2n) is 4.61. The highest BCUT2D eigenvalue weighted by molar-refractivity contribution is 6.33. The molecule has 2 amide bonds. The van der Waals surface area contributed by atoms with Crippen LogP contribution in [0.1, 0.15) is 42.5 Å². The fourth-order valence-corrected chi connectivity index (χ4v) is 1.62. The molecule has 0 saturated carbocycles. The second-order valence-corrected chi connectivity index (χ2v) is 5.02. The minimum Gasteiger partial charge on any atom is -0.480 e. The third kappa shape index (κ3) is 4.67. The van der Waals surface area contributed by atoms with Gasteiger partial charge in [-0.3, -0.25) is 9.59 Å². The number of aliphatic carboxylic acids is 1. The summed E-state index contributed by atoms with van der Waals surface area (Å²) in [4.78, 5) is 41.8. The largest absolute Gasteiger partial charge is 0.480 e. The number of primary amides is 1. The summed E-state index contributed by atoms with van der Waals surface area (Å²) in [5, 5.41) is 11.1. The predicted octanol–water partition coefficient (Wildman–Crippen LogP) is 0.312. The summed E-state index contributed by atoms with van der Waals surface area (Å²) in [7, 11) is 0. The molecule has 1 heterocycles. The molecular formula is C12H15ClN4O4. The van der Waals surface area contributed by atoms with E-state index in [9.17, 15) is 14.4 Å². The zero-order chi connectivity index (χ0) is 16.2. The Labute approximate surface area is 125 Å². The van der Waals surface area contributed by atoms with Crippen LogP contribution >= 0.6 is 11.6 Å². The summed E-state index contributed by atoms with van der Waals surface area (Å²) >= 11 is 5.84. The Morgan fingerprint density at radius 2 is 2.05 bits per heavy atom. The molecule has 1 aromatic rings. The standard InChI is InChI=1S/C12H15ClN4O4/c1-5(2)10-15-4-6(13)9(17-10)11(19)16-7(12(20)21)3-8(14)18/h4-5,7H,3H2,1-2H3,(H2,14,18)(H,16,19)(H,20,21)/t7-/m1/s1. The number of carboxylic acids is 1. The highest BCUT2D eigenvalue weighted by Gasteiger charge is 2.25. The van der Waals surface area contributed by atoms with Crippen LogP contribution in [0.15, 0.2) is 6.20 Å². The summed E-state index contributed by atoms with van der Waals surface area (Å²) < 4.78 is 0. The first-order valence-electron chi connectivity index (χ1n) is 6.06. The van der Waals surface area contributed by atoms with Gasteiger partial charge in [-0.1, -0.05) is 25.4 Å². The highest BCUT2D eigenvalue weighted by Crippen LogP contribution is 2.16. The molecule has 1 atom stereocenters. The molecular weight excluding hydrogens is 300 g/mol. The lowest BCUT2D eigenvalue weighted by Crippen LogP contribution is -2.43. The summed E-state index contributed by atoms with van der Waals surface area (Å²) in [6, 6.07) is -1.44. The zero-order valence-corrected chi connectivity index (χ0v) is 12.2. The van der Waals surface area contributed by atoms with E-state index >= 15 is 0 Å².